The molecule has 0 aliphatic carbocycles. The zero-order valence-electron chi connectivity index (χ0n) is 14.4. The number of fused-ring (bicyclic) bond motifs is 4. The molecule has 2 bridgehead atoms. The maximum atomic E-state index is 6.45. The molecule has 0 radical (unpaired) electrons. The van der Waals surface area contributed by atoms with Crippen LogP contribution in [0.4, 0.5) is 5.69 Å². The van der Waals surface area contributed by atoms with E-state index < -0.39 is 5.72 Å². The lowest BCUT2D eigenvalue weighted by Gasteiger charge is -2.52. The molecule has 0 spiro atoms. The molecule has 2 aromatic rings. The van der Waals surface area contributed by atoms with E-state index in [1.165, 1.54) is 0 Å². The van der Waals surface area contributed by atoms with Crippen molar-refractivity contribution in [3.05, 3.63) is 48.0 Å². The maximum Gasteiger partial charge on any atom is 0.188 e. The Morgan fingerprint density at radius 1 is 1.16 bits per heavy atom. The Hall–Kier alpha value is -2.47. The van der Waals surface area contributed by atoms with Crippen molar-refractivity contribution in [2.24, 2.45) is 0 Å². The summed E-state index contributed by atoms with van der Waals surface area (Å²) in [4.78, 5) is 2.02. The van der Waals surface area contributed by atoms with Crippen LogP contribution in [0.5, 0.6) is 17.2 Å². The van der Waals surface area contributed by atoms with Gasteiger partial charge in [0.25, 0.3) is 0 Å². The second kappa shape index (κ2) is 5.81. The lowest BCUT2D eigenvalue weighted by molar-refractivity contribution is 0.0464. The Labute approximate surface area is 152 Å². The van der Waals surface area contributed by atoms with Crippen LogP contribution in [-0.2, 0) is 0 Å². The predicted molar refractivity (Wildman–Crippen MR) is 101 cm³/mol. The van der Waals surface area contributed by atoms with E-state index in [1.54, 1.807) is 14.2 Å². The van der Waals surface area contributed by atoms with Crippen LogP contribution in [0.3, 0.4) is 0 Å². The summed E-state index contributed by atoms with van der Waals surface area (Å²) < 4.78 is 17.2. The van der Waals surface area contributed by atoms with Crippen molar-refractivity contribution in [3.8, 4) is 17.2 Å². The van der Waals surface area contributed by atoms with Crippen LogP contribution in [0.1, 0.15) is 24.9 Å². The van der Waals surface area contributed by atoms with Crippen LogP contribution < -0.4 is 24.4 Å². The van der Waals surface area contributed by atoms with Crippen LogP contribution in [0.2, 0.25) is 0 Å². The first-order valence-corrected chi connectivity index (χ1v) is 8.57. The molecule has 4 rings (SSSR count). The van der Waals surface area contributed by atoms with Gasteiger partial charge in [0.05, 0.1) is 20.3 Å². The number of ether oxygens (including phenoxy) is 3. The van der Waals surface area contributed by atoms with Crippen LogP contribution >= 0.6 is 12.2 Å². The van der Waals surface area contributed by atoms with Gasteiger partial charge >= 0.3 is 0 Å². The normalized spacial score (nSPS) is 24.0. The van der Waals surface area contributed by atoms with E-state index in [4.69, 9.17) is 26.4 Å². The van der Waals surface area contributed by atoms with Crippen LogP contribution in [0.25, 0.3) is 0 Å². The molecule has 0 aromatic heterocycles. The molecule has 2 unspecified atom stereocenters. The van der Waals surface area contributed by atoms with Gasteiger partial charge in [-0.15, -0.1) is 0 Å². The highest BCUT2D eigenvalue weighted by atomic mass is 32.1. The fourth-order valence-corrected chi connectivity index (χ4v) is 4.08. The third kappa shape index (κ3) is 2.48. The number of nitrogens with zero attached hydrogens (tertiary/aromatic N) is 1. The summed E-state index contributed by atoms with van der Waals surface area (Å²) in [5, 5.41) is 4.10. The molecule has 2 aliphatic heterocycles. The number of para-hydroxylation sites is 1. The van der Waals surface area contributed by atoms with Crippen LogP contribution in [-0.4, -0.2) is 25.1 Å². The van der Waals surface area contributed by atoms with E-state index >= 15 is 0 Å². The minimum absolute atomic E-state index is 0.103. The van der Waals surface area contributed by atoms with Crippen LogP contribution in [0.15, 0.2) is 42.5 Å². The highest BCUT2D eigenvalue weighted by Crippen LogP contribution is 2.49. The molecule has 25 heavy (non-hydrogen) atoms. The van der Waals surface area contributed by atoms with Crippen molar-refractivity contribution in [1.29, 1.82) is 0 Å². The van der Waals surface area contributed by atoms with Gasteiger partial charge in [0, 0.05) is 17.7 Å². The van der Waals surface area contributed by atoms with Gasteiger partial charge in [0.15, 0.2) is 22.3 Å². The molecular weight excluding hydrogens is 336 g/mol. The minimum Gasteiger partial charge on any atom is -0.497 e. The van der Waals surface area contributed by atoms with Crippen molar-refractivity contribution in [2.45, 2.75) is 25.1 Å². The molecule has 1 N–H and O–H groups in total. The zero-order valence-corrected chi connectivity index (χ0v) is 15.2. The van der Waals surface area contributed by atoms with Gasteiger partial charge < -0.3 is 19.5 Å². The highest BCUT2D eigenvalue weighted by Gasteiger charge is 2.49. The number of rotatable bonds is 3. The Balaban J connectivity index is 1.78. The number of methoxy groups -OCH3 is 2. The second-order valence-corrected chi connectivity index (χ2v) is 6.78. The van der Waals surface area contributed by atoms with Gasteiger partial charge in [0.2, 0.25) is 0 Å². The molecule has 1 saturated heterocycles. The Kier molecular flexibility index (Phi) is 3.72. The molecule has 2 heterocycles. The van der Waals surface area contributed by atoms with Crippen LogP contribution in [0, 0.1) is 0 Å². The van der Waals surface area contributed by atoms with E-state index in [2.05, 4.69) is 18.3 Å². The molecule has 130 valence electrons. The lowest BCUT2D eigenvalue weighted by atomic mass is 9.90. The van der Waals surface area contributed by atoms with Crippen molar-refractivity contribution in [1.82, 2.24) is 5.32 Å². The number of thiocarbonyl (C=S) groups is 1. The Morgan fingerprint density at radius 3 is 2.60 bits per heavy atom. The number of nitrogens with one attached hydrogen (secondary N) is 1. The largest absolute Gasteiger partial charge is 0.497 e. The number of hydrogen-bond acceptors (Lipinski definition) is 4. The molecule has 1 fully saturated rings. The van der Waals surface area contributed by atoms with Gasteiger partial charge in [-0.3, -0.25) is 4.90 Å². The number of anilines is 1. The van der Waals surface area contributed by atoms with Gasteiger partial charge in [-0.05, 0) is 49.5 Å². The second-order valence-electron chi connectivity index (χ2n) is 6.40. The maximum absolute atomic E-state index is 6.45. The predicted octanol–water partition coefficient (Wildman–Crippen LogP) is 3.64. The highest BCUT2D eigenvalue weighted by molar-refractivity contribution is 7.80. The number of benzene rings is 2. The minimum atomic E-state index is -0.594. The van der Waals surface area contributed by atoms with Crippen molar-refractivity contribution >= 4 is 23.0 Å². The third-order valence-corrected chi connectivity index (χ3v) is 5.11. The van der Waals surface area contributed by atoms with Gasteiger partial charge in [-0.2, -0.15) is 0 Å². The quantitative estimate of drug-likeness (QED) is 0.847. The molecular formula is C19H20N2O3S. The van der Waals surface area contributed by atoms with E-state index in [0.29, 0.717) is 5.11 Å². The van der Waals surface area contributed by atoms with Crippen molar-refractivity contribution in [2.75, 3.05) is 19.1 Å². The zero-order chi connectivity index (χ0) is 17.6. The monoisotopic (exact) mass is 356 g/mol. The van der Waals surface area contributed by atoms with Crippen molar-refractivity contribution in [3.63, 3.8) is 0 Å². The van der Waals surface area contributed by atoms with Crippen molar-refractivity contribution < 1.29 is 14.2 Å². The van der Waals surface area contributed by atoms with Gasteiger partial charge in [0.1, 0.15) is 5.75 Å². The third-order valence-electron chi connectivity index (χ3n) is 4.81. The average molecular weight is 356 g/mol. The molecule has 6 heteroatoms. The van der Waals surface area contributed by atoms with Gasteiger partial charge in [-0.25, -0.2) is 0 Å². The van der Waals surface area contributed by atoms with E-state index in [0.717, 1.165) is 34.9 Å². The summed E-state index contributed by atoms with van der Waals surface area (Å²) in [6.45, 7) is 2.06. The number of hydrogen-bond donors (Lipinski definition) is 1. The summed E-state index contributed by atoms with van der Waals surface area (Å²) in [5.74, 6) is 2.31. The van der Waals surface area contributed by atoms with E-state index in [-0.39, 0.29) is 6.04 Å². The molecule has 0 amide bonds. The first-order chi connectivity index (χ1) is 12.1. The molecule has 2 aliphatic rings. The molecule has 2 aromatic carbocycles. The Bertz CT molecular complexity index is 824. The average Bonchev–Trinajstić information content (AvgIpc) is 2.61. The van der Waals surface area contributed by atoms with E-state index in [9.17, 15) is 0 Å². The smallest absolute Gasteiger partial charge is 0.188 e. The summed E-state index contributed by atoms with van der Waals surface area (Å²) in [6.07, 6.45) is 0.777. The fraction of sp³-hybridized carbons (Fsp3) is 0.316. The summed E-state index contributed by atoms with van der Waals surface area (Å²) in [5.41, 5.74) is 1.44. The topological polar surface area (TPSA) is 43.0 Å². The molecule has 5 nitrogen and oxygen atoms in total. The van der Waals surface area contributed by atoms with E-state index in [1.807, 2.05) is 41.3 Å². The van der Waals surface area contributed by atoms with Gasteiger partial charge in [-0.1, -0.05) is 12.1 Å². The SMILES string of the molecule is COc1ccc(N2C(=S)NC3CC2(C)Oc2c(OC)cccc23)cc1. The standard InChI is InChI=1S/C19H20N2O3S/c1-19-11-15(14-5-4-6-16(23-3)17(14)24-19)20-18(25)21(19)12-7-9-13(22-2)10-8-12/h4-10,15H,11H2,1-3H3,(H,20,25). The lowest BCUT2D eigenvalue weighted by Crippen LogP contribution is -2.65. The summed E-state index contributed by atoms with van der Waals surface area (Å²) in [7, 11) is 3.31. The molecule has 2 atom stereocenters. The summed E-state index contributed by atoms with van der Waals surface area (Å²) in [6, 6.07) is 13.9. The summed E-state index contributed by atoms with van der Waals surface area (Å²) >= 11 is 5.66. The fourth-order valence-electron chi connectivity index (χ4n) is 3.64. The first kappa shape index (κ1) is 16.0. The first-order valence-electron chi connectivity index (χ1n) is 8.16. The Morgan fingerprint density at radius 2 is 1.92 bits per heavy atom. The molecule has 0 saturated carbocycles.